The molecule has 0 aromatic carbocycles. The van der Waals surface area contributed by atoms with Crippen molar-refractivity contribution < 1.29 is 14.7 Å². The van der Waals surface area contributed by atoms with Crippen LogP contribution in [-0.2, 0) is 20.0 Å². The largest absolute Gasteiger partial charge is 0.395 e. The molecule has 4 rings (SSSR count). The zero-order chi connectivity index (χ0) is 21.3. The minimum atomic E-state index is -0.198. The molecule has 0 radical (unpaired) electrons. The van der Waals surface area contributed by atoms with E-state index in [-0.39, 0.29) is 25.0 Å². The van der Waals surface area contributed by atoms with Gasteiger partial charge in [0.2, 0.25) is 0 Å². The molecule has 9 nitrogen and oxygen atoms in total. The predicted octanol–water partition coefficient (Wildman–Crippen LogP) is 1.52. The number of likely N-dealkylation sites (N-methyl/N-ethyl adjacent to an activating group) is 1. The fourth-order valence-electron chi connectivity index (χ4n) is 3.72. The third kappa shape index (κ3) is 3.63. The molecule has 3 aromatic rings. The van der Waals surface area contributed by atoms with Crippen molar-refractivity contribution in [1.82, 2.24) is 29.8 Å². The van der Waals surface area contributed by atoms with E-state index in [0.717, 1.165) is 21.8 Å². The van der Waals surface area contributed by atoms with Gasteiger partial charge in [0.1, 0.15) is 11.4 Å². The van der Waals surface area contributed by atoms with E-state index in [0.29, 0.717) is 37.4 Å². The van der Waals surface area contributed by atoms with Crippen molar-refractivity contribution in [2.45, 2.75) is 19.9 Å². The molecular weight excluding hydrogens is 404 g/mol. The third-order valence-electron chi connectivity index (χ3n) is 5.33. The molecule has 158 valence electrons. The molecule has 30 heavy (non-hydrogen) atoms. The van der Waals surface area contributed by atoms with Crippen LogP contribution in [0, 0.1) is 0 Å². The minimum Gasteiger partial charge on any atom is -0.395 e. The highest BCUT2D eigenvalue weighted by Gasteiger charge is 2.30. The second-order valence-electron chi connectivity index (χ2n) is 7.13. The van der Waals surface area contributed by atoms with Crippen LogP contribution in [-0.4, -0.2) is 72.9 Å². The lowest BCUT2D eigenvalue weighted by Gasteiger charge is -2.27. The topological polar surface area (TPSA) is 107 Å². The first-order chi connectivity index (χ1) is 14.5. The highest BCUT2D eigenvalue weighted by molar-refractivity contribution is 7.13. The third-order valence-corrected chi connectivity index (χ3v) is 6.23. The average molecular weight is 429 g/mol. The lowest BCUT2D eigenvalue weighted by Crippen LogP contribution is -2.38. The molecule has 3 aromatic heterocycles. The van der Waals surface area contributed by atoms with Crippen LogP contribution < -0.4 is 0 Å². The van der Waals surface area contributed by atoms with Crippen molar-refractivity contribution in [3.8, 4) is 10.6 Å². The number of hydrogen-bond acceptors (Lipinski definition) is 6. The first-order valence-corrected chi connectivity index (χ1v) is 10.7. The smallest absolute Gasteiger partial charge is 0.274 e. The van der Waals surface area contributed by atoms with Gasteiger partial charge in [0, 0.05) is 32.2 Å². The van der Waals surface area contributed by atoms with E-state index in [4.69, 9.17) is 5.11 Å². The molecule has 10 heteroatoms. The van der Waals surface area contributed by atoms with Gasteiger partial charge >= 0.3 is 0 Å². The zero-order valence-corrected chi connectivity index (χ0v) is 17.8. The van der Waals surface area contributed by atoms with Gasteiger partial charge in [-0.1, -0.05) is 6.07 Å². The fraction of sp³-hybridized carbons (Fsp3) is 0.400. The van der Waals surface area contributed by atoms with Crippen molar-refractivity contribution in [2.24, 2.45) is 7.05 Å². The average Bonchev–Trinajstić information content (AvgIpc) is 3.49. The fourth-order valence-corrected chi connectivity index (χ4v) is 4.40. The number of aromatic nitrogens is 4. The van der Waals surface area contributed by atoms with E-state index in [1.54, 1.807) is 32.9 Å². The molecule has 0 spiro atoms. The molecule has 1 aliphatic rings. The van der Waals surface area contributed by atoms with Gasteiger partial charge in [0.05, 0.1) is 23.7 Å². The Morgan fingerprint density at radius 3 is 2.93 bits per heavy atom. The second-order valence-corrected chi connectivity index (χ2v) is 8.08. The quantitative estimate of drug-likeness (QED) is 0.619. The van der Waals surface area contributed by atoms with E-state index in [1.165, 1.54) is 0 Å². The number of nitrogens with one attached hydrogen (secondary N) is 1. The lowest BCUT2D eigenvalue weighted by atomic mass is 10.0. The summed E-state index contributed by atoms with van der Waals surface area (Å²) in [5.74, 6) is -0.299. The molecule has 0 unspecified atom stereocenters. The van der Waals surface area contributed by atoms with Gasteiger partial charge in [-0.2, -0.15) is 10.2 Å². The van der Waals surface area contributed by atoms with Crippen molar-refractivity contribution >= 4 is 23.2 Å². The van der Waals surface area contributed by atoms with Crippen LogP contribution in [0.25, 0.3) is 10.6 Å². The zero-order valence-electron chi connectivity index (χ0n) is 17.0. The van der Waals surface area contributed by atoms with Crippen LogP contribution in [0.3, 0.4) is 0 Å². The number of nitrogens with zero attached hydrogens (tertiary/aromatic N) is 5. The number of carbonyl (C=O) groups excluding carboxylic acids is 2. The first-order valence-electron chi connectivity index (χ1n) is 9.86. The van der Waals surface area contributed by atoms with Crippen LogP contribution in [0.2, 0.25) is 0 Å². The van der Waals surface area contributed by atoms with Gasteiger partial charge < -0.3 is 14.9 Å². The maximum atomic E-state index is 13.1. The molecule has 0 fully saturated rings. The number of aliphatic hydroxyl groups excluding tert-OH is 1. The molecule has 0 saturated carbocycles. The van der Waals surface area contributed by atoms with Crippen LogP contribution in [0.5, 0.6) is 0 Å². The second kappa shape index (κ2) is 8.41. The Kier molecular flexibility index (Phi) is 5.69. The van der Waals surface area contributed by atoms with E-state index in [9.17, 15) is 9.59 Å². The van der Waals surface area contributed by atoms with Gasteiger partial charge in [-0.15, -0.1) is 11.3 Å². The SMILES string of the molecule is CCN(CCO)C(=O)c1n[nH]c2c1CCN(C(=O)c1cc(-c3cccs3)nn1C)C2. The number of aryl methyl sites for hydroxylation is 1. The molecule has 2 N–H and O–H groups in total. The standard InChI is InChI=1S/C20H24N6O3S/c1-3-25(8-9-27)20(29)18-13-6-7-26(12-15(13)21-22-18)19(28)16-11-14(23-24(16)2)17-5-4-10-30-17/h4-5,10-11,27H,3,6-9,12H2,1-2H3,(H,21,22). The van der Waals surface area contributed by atoms with Crippen molar-refractivity contribution in [1.29, 1.82) is 0 Å². The number of aromatic amines is 1. The number of fused-ring (bicyclic) bond motifs is 1. The van der Waals surface area contributed by atoms with Crippen LogP contribution in [0.1, 0.15) is 39.2 Å². The molecule has 0 atom stereocenters. The minimum absolute atomic E-state index is 0.0906. The summed E-state index contributed by atoms with van der Waals surface area (Å²) in [5.41, 5.74) is 3.32. The highest BCUT2D eigenvalue weighted by Crippen LogP contribution is 2.26. The van der Waals surface area contributed by atoms with Gasteiger partial charge in [-0.05, 0) is 30.9 Å². The molecule has 0 aliphatic carbocycles. The van der Waals surface area contributed by atoms with Crippen molar-refractivity contribution in [2.75, 3.05) is 26.2 Å². The normalized spacial score (nSPS) is 13.4. The molecule has 2 amide bonds. The monoisotopic (exact) mass is 428 g/mol. The van der Waals surface area contributed by atoms with Crippen LogP contribution in [0.15, 0.2) is 23.6 Å². The molecule has 0 saturated heterocycles. The number of amides is 2. The number of aliphatic hydroxyl groups is 1. The number of thiophene rings is 1. The maximum Gasteiger partial charge on any atom is 0.274 e. The Balaban J connectivity index is 1.52. The molecule has 1 aliphatic heterocycles. The number of H-pyrrole nitrogens is 1. The summed E-state index contributed by atoms with van der Waals surface area (Å²) >= 11 is 1.58. The summed E-state index contributed by atoms with van der Waals surface area (Å²) in [7, 11) is 1.77. The Morgan fingerprint density at radius 1 is 1.40 bits per heavy atom. The van der Waals surface area contributed by atoms with E-state index in [2.05, 4.69) is 15.3 Å². The number of rotatable bonds is 6. The molecule has 0 bridgehead atoms. The lowest BCUT2D eigenvalue weighted by molar-refractivity contribution is 0.0718. The van der Waals surface area contributed by atoms with Crippen molar-refractivity contribution in [3.63, 3.8) is 0 Å². The van der Waals surface area contributed by atoms with Crippen LogP contribution >= 0.6 is 11.3 Å². The number of carbonyl (C=O) groups is 2. The Hall–Kier alpha value is -2.98. The Labute approximate surface area is 177 Å². The molecule has 4 heterocycles. The van der Waals surface area contributed by atoms with E-state index < -0.39 is 0 Å². The summed E-state index contributed by atoms with van der Waals surface area (Å²) in [6.45, 7) is 3.41. The van der Waals surface area contributed by atoms with Crippen LogP contribution in [0.4, 0.5) is 0 Å². The van der Waals surface area contributed by atoms with Gasteiger partial charge in [0.15, 0.2) is 5.69 Å². The number of hydrogen-bond donors (Lipinski definition) is 2. The van der Waals surface area contributed by atoms with E-state index >= 15 is 0 Å². The predicted molar refractivity (Wildman–Crippen MR) is 112 cm³/mol. The maximum absolute atomic E-state index is 13.1. The summed E-state index contributed by atoms with van der Waals surface area (Å²) in [4.78, 5) is 30.2. The Bertz CT molecular complexity index is 1050. The Morgan fingerprint density at radius 2 is 2.23 bits per heavy atom. The summed E-state index contributed by atoms with van der Waals surface area (Å²) < 4.78 is 1.61. The highest BCUT2D eigenvalue weighted by atomic mass is 32.1. The van der Waals surface area contributed by atoms with Gasteiger partial charge in [-0.25, -0.2) is 0 Å². The van der Waals surface area contributed by atoms with Crippen molar-refractivity contribution in [3.05, 3.63) is 46.2 Å². The molecular formula is C20H24N6O3S. The summed E-state index contributed by atoms with van der Waals surface area (Å²) in [6.07, 6.45) is 0.547. The van der Waals surface area contributed by atoms with E-state index in [1.807, 2.05) is 30.5 Å². The summed E-state index contributed by atoms with van der Waals surface area (Å²) in [6, 6.07) is 5.76. The first kappa shape index (κ1) is 20.3. The summed E-state index contributed by atoms with van der Waals surface area (Å²) in [5, 5.41) is 22.8. The van der Waals surface area contributed by atoms with Gasteiger partial charge in [-0.3, -0.25) is 19.4 Å². The van der Waals surface area contributed by atoms with Gasteiger partial charge in [0.25, 0.3) is 11.8 Å².